The second kappa shape index (κ2) is 14.6. The fourth-order valence-electron chi connectivity index (χ4n) is 6.52. The highest BCUT2D eigenvalue weighted by Gasteiger charge is 2.36. The average molecular weight is 604 g/mol. The van der Waals surface area contributed by atoms with Gasteiger partial charge in [-0.3, -0.25) is 9.52 Å². The van der Waals surface area contributed by atoms with E-state index in [2.05, 4.69) is 81.8 Å². The fraction of sp³-hybridized carbons (Fsp3) is 0.528. The van der Waals surface area contributed by atoms with Gasteiger partial charge in [0.05, 0.1) is 25.3 Å². The SMILES string of the molecule is CC.COC(=O)C1CC(CCC2c3cccc(c3)SNc3nc(cc(-c4c(C)cccc4C)n3)OCC2CC(C)(C)C)C1. The number of carbonyl (C=O) groups excluding carboxylic acids is 1. The van der Waals surface area contributed by atoms with Crippen molar-refractivity contribution in [1.29, 1.82) is 0 Å². The molecule has 1 saturated carbocycles. The molecule has 0 saturated heterocycles. The van der Waals surface area contributed by atoms with E-state index >= 15 is 0 Å². The third-order valence-corrected chi connectivity index (χ3v) is 9.31. The second-order valence-electron chi connectivity index (χ2n) is 13.0. The summed E-state index contributed by atoms with van der Waals surface area (Å²) in [6.45, 7) is 15.8. The van der Waals surface area contributed by atoms with Crippen LogP contribution in [0, 0.1) is 37.0 Å². The van der Waals surface area contributed by atoms with Crippen LogP contribution >= 0.6 is 11.9 Å². The highest BCUT2D eigenvalue weighted by molar-refractivity contribution is 8.00. The van der Waals surface area contributed by atoms with Crippen LogP contribution in [-0.2, 0) is 9.53 Å². The molecule has 4 bridgehead atoms. The van der Waals surface area contributed by atoms with E-state index in [1.54, 1.807) is 0 Å². The number of nitrogens with one attached hydrogen (secondary N) is 1. The van der Waals surface area contributed by atoms with Crippen molar-refractivity contribution in [1.82, 2.24) is 9.97 Å². The Bertz CT molecular complexity index is 1360. The van der Waals surface area contributed by atoms with Crippen molar-refractivity contribution in [2.75, 3.05) is 18.4 Å². The minimum atomic E-state index is -0.0621. The molecule has 43 heavy (non-hydrogen) atoms. The fourth-order valence-corrected chi connectivity index (χ4v) is 7.16. The highest BCUT2D eigenvalue weighted by atomic mass is 32.2. The summed E-state index contributed by atoms with van der Waals surface area (Å²) in [4.78, 5) is 22.8. The Morgan fingerprint density at radius 3 is 2.40 bits per heavy atom. The van der Waals surface area contributed by atoms with E-state index in [1.165, 1.54) is 35.7 Å². The van der Waals surface area contributed by atoms with E-state index in [9.17, 15) is 4.79 Å². The summed E-state index contributed by atoms with van der Waals surface area (Å²) in [6.07, 6.45) is 5.06. The van der Waals surface area contributed by atoms with E-state index in [1.807, 2.05) is 19.9 Å². The number of hydrogen-bond donors (Lipinski definition) is 1. The van der Waals surface area contributed by atoms with Crippen LogP contribution in [0.1, 0.15) is 89.3 Å². The molecule has 6 nitrogen and oxygen atoms in total. The van der Waals surface area contributed by atoms with Gasteiger partial charge in [-0.05, 0) is 104 Å². The van der Waals surface area contributed by atoms with Crippen LogP contribution in [0.15, 0.2) is 53.4 Å². The van der Waals surface area contributed by atoms with E-state index in [4.69, 9.17) is 19.4 Å². The molecule has 232 valence electrons. The van der Waals surface area contributed by atoms with Crippen LogP contribution < -0.4 is 9.46 Å². The molecule has 1 N–H and O–H groups in total. The number of esters is 1. The summed E-state index contributed by atoms with van der Waals surface area (Å²) in [6, 6.07) is 17.2. The van der Waals surface area contributed by atoms with Gasteiger partial charge >= 0.3 is 5.97 Å². The molecule has 5 rings (SSSR count). The van der Waals surface area contributed by atoms with E-state index in [0.717, 1.165) is 48.3 Å². The number of carbonyl (C=O) groups is 1. The lowest BCUT2D eigenvalue weighted by atomic mass is 9.69. The monoisotopic (exact) mass is 603 g/mol. The van der Waals surface area contributed by atoms with Crippen LogP contribution in [0.25, 0.3) is 11.3 Å². The molecular weight excluding hydrogens is 554 g/mol. The number of ether oxygens (including phenoxy) is 2. The number of benzene rings is 2. The number of aromatic nitrogens is 2. The Kier molecular flexibility index (Phi) is 11.2. The quantitative estimate of drug-likeness (QED) is 0.222. The molecule has 7 heteroatoms. The number of nitrogens with zero attached hydrogens (tertiary/aromatic N) is 2. The smallest absolute Gasteiger partial charge is 0.308 e. The van der Waals surface area contributed by atoms with E-state index in [-0.39, 0.29) is 17.3 Å². The predicted octanol–water partition coefficient (Wildman–Crippen LogP) is 9.41. The molecule has 2 heterocycles. The highest BCUT2D eigenvalue weighted by Crippen LogP contribution is 2.44. The summed E-state index contributed by atoms with van der Waals surface area (Å²) < 4.78 is 14.9. The molecule has 2 unspecified atom stereocenters. The Morgan fingerprint density at radius 1 is 1.02 bits per heavy atom. The molecule has 0 radical (unpaired) electrons. The molecule has 0 spiro atoms. The van der Waals surface area contributed by atoms with Crippen molar-refractivity contribution in [2.24, 2.45) is 23.2 Å². The van der Waals surface area contributed by atoms with Gasteiger partial charge in [0, 0.05) is 22.4 Å². The summed E-state index contributed by atoms with van der Waals surface area (Å²) in [5.74, 6) is 2.37. The lowest BCUT2D eigenvalue weighted by Gasteiger charge is -2.37. The lowest BCUT2D eigenvalue weighted by molar-refractivity contribution is -0.150. The van der Waals surface area contributed by atoms with E-state index < -0.39 is 0 Å². The number of fused-ring (bicyclic) bond motifs is 4. The molecule has 1 aliphatic heterocycles. The Hall–Kier alpha value is -3.06. The maximum absolute atomic E-state index is 12.0. The number of methoxy groups -OCH3 is 1. The average Bonchev–Trinajstić information content (AvgIpc) is 2.95. The third-order valence-electron chi connectivity index (χ3n) is 8.53. The topological polar surface area (TPSA) is 73.3 Å². The Morgan fingerprint density at radius 2 is 1.72 bits per heavy atom. The van der Waals surface area contributed by atoms with Crippen molar-refractivity contribution in [3.8, 4) is 17.1 Å². The van der Waals surface area contributed by atoms with Crippen molar-refractivity contribution in [3.05, 3.63) is 65.2 Å². The predicted molar refractivity (Wildman–Crippen MR) is 177 cm³/mol. The molecule has 2 aliphatic rings. The first-order valence-corrected chi connectivity index (χ1v) is 16.6. The number of hydrogen-bond acceptors (Lipinski definition) is 7. The molecule has 3 aromatic rings. The minimum absolute atomic E-state index is 0.0621. The maximum atomic E-state index is 12.0. The third kappa shape index (κ3) is 8.53. The molecule has 2 aromatic carbocycles. The van der Waals surface area contributed by atoms with Gasteiger partial charge in [0.1, 0.15) is 0 Å². The van der Waals surface area contributed by atoms with Gasteiger partial charge in [-0.25, -0.2) is 4.98 Å². The summed E-state index contributed by atoms with van der Waals surface area (Å²) in [5, 5.41) is 0. The van der Waals surface area contributed by atoms with Gasteiger partial charge in [-0.15, -0.1) is 0 Å². The zero-order valence-corrected chi connectivity index (χ0v) is 28.0. The normalized spacial score (nSPS) is 21.4. The minimum Gasteiger partial charge on any atom is -0.477 e. The van der Waals surface area contributed by atoms with Gasteiger partial charge in [0.25, 0.3) is 0 Å². The summed E-state index contributed by atoms with van der Waals surface area (Å²) in [7, 11) is 1.49. The second-order valence-corrected chi connectivity index (χ2v) is 13.9. The van der Waals surface area contributed by atoms with Crippen molar-refractivity contribution in [2.45, 2.75) is 91.4 Å². The standard InChI is InChI=1S/C34H43N3O3S.C2H6/c1-21-9-7-10-22(2)31(21)29-18-30-36-33(35-29)37-41-27-12-8-11-24(17-27)28(26(20-40-30)19-34(3,4)5)14-13-23-15-25(16-23)32(38)39-6;1-2/h7-12,17-18,23,25-26,28H,13-16,19-20H2,1-6H3,(H,35,36,37);1-2H3. The first-order chi connectivity index (χ1) is 20.6. The molecule has 1 fully saturated rings. The molecular formula is C36H49N3O3S. The molecule has 1 aliphatic carbocycles. The number of anilines is 1. The van der Waals surface area contributed by atoms with Crippen LogP contribution in [-0.4, -0.2) is 29.7 Å². The lowest BCUT2D eigenvalue weighted by Crippen LogP contribution is -2.32. The Balaban J connectivity index is 0.00000207. The van der Waals surface area contributed by atoms with Crippen LogP contribution in [0.5, 0.6) is 5.88 Å². The first kappa shape index (κ1) is 32.8. The molecule has 1 aromatic heterocycles. The van der Waals surface area contributed by atoms with Gasteiger partial charge in [0.15, 0.2) is 0 Å². The zero-order valence-electron chi connectivity index (χ0n) is 27.2. The van der Waals surface area contributed by atoms with Gasteiger partial charge in [-0.2, -0.15) is 4.98 Å². The van der Waals surface area contributed by atoms with Gasteiger partial charge in [0.2, 0.25) is 11.8 Å². The molecule has 2 atom stereocenters. The van der Waals surface area contributed by atoms with Crippen LogP contribution in [0.2, 0.25) is 0 Å². The van der Waals surface area contributed by atoms with Crippen LogP contribution in [0.3, 0.4) is 0 Å². The van der Waals surface area contributed by atoms with Crippen molar-refractivity contribution < 1.29 is 14.3 Å². The van der Waals surface area contributed by atoms with Gasteiger partial charge in [-0.1, -0.05) is 65.0 Å². The largest absolute Gasteiger partial charge is 0.477 e. The van der Waals surface area contributed by atoms with E-state index in [0.29, 0.717) is 36.2 Å². The zero-order chi connectivity index (χ0) is 31.1. The number of rotatable bonds is 6. The Labute approximate surface area is 262 Å². The van der Waals surface area contributed by atoms with Gasteiger partial charge < -0.3 is 9.47 Å². The number of aryl methyl sites for hydroxylation is 2. The first-order valence-electron chi connectivity index (χ1n) is 15.8. The molecule has 0 amide bonds. The van der Waals surface area contributed by atoms with Crippen LogP contribution in [0.4, 0.5) is 5.95 Å². The van der Waals surface area contributed by atoms with Crippen molar-refractivity contribution in [3.63, 3.8) is 0 Å². The summed E-state index contributed by atoms with van der Waals surface area (Å²) >= 11 is 1.54. The maximum Gasteiger partial charge on any atom is 0.308 e. The summed E-state index contributed by atoms with van der Waals surface area (Å²) in [5.41, 5.74) is 5.84. The van der Waals surface area contributed by atoms with Crippen molar-refractivity contribution >= 4 is 23.9 Å².